The molecule has 1 aromatic heterocycles. The highest BCUT2D eigenvalue weighted by Crippen LogP contribution is 2.27. The number of anilines is 1. The van der Waals surface area contributed by atoms with E-state index in [2.05, 4.69) is 85.7 Å². The summed E-state index contributed by atoms with van der Waals surface area (Å²) in [5.74, 6) is 0. The topological polar surface area (TPSA) is 15.3 Å². The zero-order chi connectivity index (χ0) is 15.2. The van der Waals surface area contributed by atoms with Crippen LogP contribution < -0.4 is 10.2 Å². The minimum Gasteiger partial charge on any atom is -0.370 e. The number of benzene rings is 1. The van der Waals surface area contributed by atoms with Crippen LogP contribution in [-0.4, -0.2) is 13.6 Å². The van der Waals surface area contributed by atoms with Crippen LogP contribution in [0, 0.1) is 0 Å². The Bertz CT molecular complexity index is 583. The molecular weight excluding hydrogens is 412 g/mol. The second kappa shape index (κ2) is 8.32. The predicted octanol–water partition coefficient (Wildman–Crippen LogP) is 5.41. The van der Waals surface area contributed by atoms with E-state index < -0.39 is 0 Å². The van der Waals surface area contributed by atoms with Gasteiger partial charge in [-0.1, -0.05) is 28.9 Å². The monoisotopic (exact) mass is 430 g/mol. The molecule has 0 radical (unpaired) electrons. The summed E-state index contributed by atoms with van der Waals surface area (Å²) < 4.78 is 2.31. The van der Waals surface area contributed by atoms with Gasteiger partial charge in [0.15, 0.2) is 0 Å². The molecule has 114 valence electrons. The molecule has 0 saturated heterocycles. The molecule has 0 fully saturated rings. The summed E-state index contributed by atoms with van der Waals surface area (Å²) in [6.07, 6.45) is 1.16. The summed E-state index contributed by atoms with van der Waals surface area (Å²) in [6, 6.07) is 8.70. The van der Waals surface area contributed by atoms with Gasteiger partial charge < -0.3 is 10.2 Å². The zero-order valence-electron chi connectivity index (χ0n) is 12.3. The van der Waals surface area contributed by atoms with E-state index in [1.807, 2.05) is 0 Å². The van der Waals surface area contributed by atoms with Gasteiger partial charge in [-0.25, -0.2) is 0 Å². The van der Waals surface area contributed by atoms with Crippen molar-refractivity contribution in [3.63, 3.8) is 0 Å². The van der Waals surface area contributed by atoms with Crippen LogP contribution in [-0.2, 0) is 13.1 Å². The fourth-order valence-corrected chi connectivity index (χ4v) is 3.78. The first-order chi connectivity index (χ1) is 10.1. The van der Waals surface area contributed by atoms with Crippen LogP contribution in [0.15, 0.2) is 37.9 Å². The summed E-state index contributed by atoms with van der Waals surface area (Å²) in [4.78, 5) is 2.31. The Hall–Kier alpha value is -0.360. The molecule has 0 amide bonds. The van der Waals surface area contributed by atoms with Crippen molar-refractivity contribution < 1.29 is 0 Å². The maximum Gasteiger partial charge on any atom is 0.0701 e. The first-order valence-corrected chi connectivity index (χ1v) is 9.50. The van der Waals surface area contributed by atoms with Crippen molar-refractivity contribution in [1.29, 1.82) is 0 Å². The Morgan fingerprint density at radius 2 is 2.05 bits per heavy atom. The highest BCUT2D eigenvalue weighted by molar-refractivity contribution is 9.11. The molecule has 2 nitrogen and oxygen atoms in total. The summed E-state index contributed by atoms with van der Waals surface area (Å²) in [5.41, 5.74) is 3.94. The van der Waals surface area contributed by atoms with Gasteiger partial charge >= 0.3 is 0 Å². The van der Waals surface area contributed by atoms with E-state index in [9.17, 15) is 0 Å². The van der Waals surface area contributed by atoms with Gasteiger partial charge in [-0.3, -0.25) is 0 Å². The summed E-state index contributed by atoms with van der Waals surface area (Å²) in [7, 11) is 2.15. The molecule has 0 spiro atoms. The van der Waals surface area contributed by atoms with Gasteiger partial charge in [-0.05, 0) is 63.6 Å². The molecule has 2 aromatic rings. The minimum atomic E-state index is 0.911. The van der Waals surface area contributed by atoms with Crippen molar-refractivity contribution >= 4 is 48.9 Å². The number of thiophene rings is 1. The second-order valence-electron chi connectivity index (χ2n) is 5.06. The van der Waals surface area contributed by atoms with Gasteiger partial charge in [0, 0.05) is 30.3 Å². The molecule has 0 aliphatic carbocycles. The van der Waals surface area contributed by atoms with E-state index in [4.69, 9.17) is 0 Å². The molecule has 1 heterocycles. The molecule has 0 unspecified atom stereocenters. The Morgan fingerprint density at radius 1 is 1.24 bits per heavy atom. The van der Waals surface area contributed by atoms with E-state index in [0.717, 1.165) is 30.5 Å². The van der Waals surface area contributed by atoms with Crippen molar-refractivity contribution in [2.45, 2.75) is 26.4 Å². The third-order valence-corrected chi connectivity index (χ3v) is 5.29. The number of halogens is 2. The van der Waals surface area contributed by atoms with Crippen LogP contribution in [0.2, 0.25) is 0 Å². The highest BCUT2D eigenvalue weighted by Gasteiger charge is 2.09. The SMILES string of the molecule is CCCNCc1ccc(Br)cc1N(C)Cc1csc(Br)c1. The molecule has 0 saturated carbocycles. The Balaban J connectivity index is 2.13. The van der Waals surface area contributed by atoms with E-state index in [0.29, 0.717) is 0 Å². The minimum absolute atomic E-state index is 0.911. The Morgan fingerprint density at radius 3 is 2.71 bits per heavy atom. The molecule has 0 aliphatic rings. The standard InChI is InChI=1S/C16H20Br2N2S/c1-3-6-19-9-13-4-5-14(17)8-15(13)20(2)10-12-7-16(18)21-11-12/h4-5,7-8,11,19H,3,6,9-10H2,1-2H3. The van der Waals surface area contributed by atoms with Crippen molar-refractivity contribution in [1.82, 2.24) is 5.32 Å². The lowest BCUT2D eigenvalue weighted by Gasteiger charge is -2.23. The molecule has 5 heteroatoms. The number of nitrogens with zero attached hydrogens (tertiary/aromatic N) is 1. The maximum atomic E-state index is 3.58. The summed E-state index contributed by atoms with van der Waals surface area (Å²) in [6.45, 7) is 5.07. The van der Waals surface area contributed by atoms with Crippen molar-refractivity contribution in [3.05, 3.63) is 49.0 Å². The fourth-order valence-electron chi connectivity index (χ4n) is 2.23. The largest absolute Gasteiger partial charge is 0.370 e. The highest BCUT2D eigenvalue weighted by atomic mass is 79.9. The van der Waals surface area contributed by atoms with Crippen molar-refractivity contribution in [2.24, 2.45) is 0 Å². The van der Waals surface area contributed by atoms with Crippen LogP contribution in [0.1, 0.15) is 24.5 Å². The Kier molecular flexibility index (Phi) is 6.74. The normalized spacial score (nSPS) is 10.9. The summed E-state index contributed by atoms with van der Waals surface area (Å²) >= 11 is 8.85. The van der Waals surface area contributed by atoms with E-state index in [1.54, 1.807) is 11.3 Å². The quantitative estimate of drug-likeness (QED) is 0.589. The van der Waals surface area contributed by atoms with Crippen LogP contribution in [0.5, 0.6) is 0 Å². The van der Waals surface area contributed by atoms with Gasteiger partial charge in [-0.2, -0.15) is 0 Å². The number of rotatable bonds is 7. The fraction of sp³-hybridized carbons (Fsp3) is 0.375. The van der Waals surface area contributed by atoms with Gasteiger partial charge in [0.1, 0.15) is 0 Å². The molecule has 1 N–H and O–H groups in total. The van der Waals surface area contributed by atoms with Gasteiger partial charge in [0.25, 0.3) is 0 Å². The van der Waals surface area contributed by atoms with Crippen LogP contribution in [0.4, 0.5) is 5.69 Å². The number of hydrogen-bond acceptors (Lipinski definition) is 3. The van der Waals surface area contributed by atoms with Crippen LogP contribution >= 0.6 is 43.2 Å². The number of hydrogen-bond donors (Lipinski definition) is 1. The molecule has 21 heavy (non-hydrogen) atoms. The lowest BCUT2D eigenvalue weighted by Crippen LogP contribution is -2.21. The molecule has 0 atom stereocenters. The number of nitrogens with one attached hydrogen (secondary N) is 1. The third-order valence-electron chi connectivity index (χ3n) is 3.24. The van der Waals surface area contributed by atoms with E-state index >= 15 is 0 Å². The summed E-state index contributed by atoms with van der Waals surface area (Å²) in [5, 5.41) is 5.69. The lowest BCUT2D eigenvalue weighted by molar-refractivity contribution is 0.673. The van der Waals surface area contributed by atoms with E-state index in [-0.39, 0.29) is 0 Å². The molecule has 0 aliphatic heterocycles. The molecular formula is C16H20Br2N2S. The average Bonchev–Trinajstić information content (AvgIpc) is 2.86. The van der Waals surface area contributed by atoms with Crippen molar-refractivity contribution in [3.8, 4) is 0 Å². The zero-order valence-corrected chi connectivity index (χ0v) is 16.3. The van der Waals surface area contributed by atoms with Gasteiger partial charge in [-0.15, -0.1) is 11.3 Å². The predicted molar refractivity (Wildman–Crippen MR) is 100 cm³/mol. The second-order valence-corrected chi connectivity index (χ2v) is 8.27. The first kappa shape index (κ1) is 17.0. The van der Waals surface area contributed by atoms with E-state index in [1.165, 1.54) is 20.6 Å². The Labute approximate surface area is 147 Å². The van der Waals surface area contributed by atoms with Crippen LogP contribution in [0.25, 0.3) is 0 Å². The third kappa shape index (κ3) is 5.09. The molecule has 0 bridgehead atoms. The smallest absolute Gasteiger partial charge is 0.0701 e. The van der Waals surface area contributed by atoms with Crippen LogP contribution in [0.3, 0.4) is 0 Å². The lowest BCUT2D eigenvalue weighted by atomic mass is 10.1. The maximum absolute atomic E-state index is 3.58. The average molecular weight is 432 g/mol. The molecule has 1 aromatic carbocycles. The first-order valence-electron chi connectivity index (χ1n) is 7.03. The van der Waals surface area contributed by atoms with Gasteiger partial charge in [0.05, 0.1) is 3.79 Å². The van der Waals surface area contributed by atoms with Gasteiger partial charge in [0.2, 0.25) is 0 Å². The van der Waals surface area contributed by atoms with Crippen molar-refractivity contribution in [2.75, 3.05) is 18.5 Å². The molecule has 2 rings (SSSR count).